The lowest BCUT2D eigenvalue weighted by Crippen LogP contribution is -2.74. The maximum atomic E-state index is 12.9. The van der Waals surface area contributed by atoms with Gasteiger partial charge in [-0.15, -0.1) is 44.9 Å². The number of thioether (sulfide) groups is 2. The molecule has 2 aromatic heterocycles. The van der Waals surface area contributed by atoms with Gasteiger partial charge in [-0.25, -0.2) is 4.98 Å². The SMILES string of the molecule is Nc1nc(C(=NOCCCl)C(=O)NC2C(=O)N3CC(CSc4nncs4)(C(=O)O)CS[C@H]23)cs1. The van der Waals surface area contributed by atoms with Gasteiger partial charge in [0, 0.05) is 23.4 Å². The van der Waals surface area contributed by atoms with Crippen molar-refractivity contribution in [3.05, 3.63) is 16.6 Å². The number of rotatable bonds is 10. The van der Waals surface area contributed by atoms with Crippen LogP contribution in [0.25, 0.3) is 0 Å². The Labute approximate surface area is 214 Å². The highest BCUT2D eigenvalue weighted by atomic mass is 35.5. The van der Waals surface area contributed by atoms with E-state index in [-0.39, 0.29) is 58.4 Å². The Bertz CT molecular complexity index is 1100. The van der Waals surface area contributed by atoms with E-state index in [9.17, 15) is 19.5 Å². The Morgan fingerprint density at radius 2 is 2.29 bits per heavy atom. The largest absolute Gasteiger partial charge is 0.481 e. The smallest absolute Gasteiger partial charge is 0.313 e. The number of oxime groups is 1. The number of thiazole rings is 1. The number of fused-ring (bicyclic) bond motifs is 1. The van der Waals surface area contributed by atoms with Gasteiger partial charge in [-0.3, -0.25) is 14.4 Å². The van der Waals surface area contributed by atoms with Crippen molar-refractivity contribution in [1.82, 2.24) is 25.4 Å². The Kier molecular flexibility index (Phi) is 7.81. The lowest BCUT2D eigenvalue weighted by atomic mass is 9.89. The van der Waals surface area contributed by atoms with Gasteiger partial charge in [0.2, 0.25) is 5.91 Å². The van der Waals surface area contributed by atoms with Crippen LogP contribution in [0.5, 0.6) is 0 Å². The van der Waals surface area contributed by atoms with Crippen LogP contribution in [-0.2, 0) is 19.2 Å². The van der Waals surface area contributed by atoms with Crippen molar-refractivity contribution in [2.24, 2.45) is 10.6 Å². The number of β-lactam (4-membered cyclic amide) rings is 1. The van der Waals surface area contributed by atoms with Gasteiger partial charge in [0.15, 0.2) is 15.2 Å². The zero-order valence-electron chi connectivity index (χ0n) is 17.2. The number of alkyl halides is 1. The number of hydrogen-bond donors (Lipinski definition) is 3. The second-order valence-electron chi connectivity index (χ2n) is 7.23. The molecule has 2 aromatic rings. The fraction of sp³-hybridized carbons (Fsp3) is 0.471. The predicted octanol–water partition coefficient (Wildman–Crippen LogP) is 0.799. The Balaban J connectivity index is 1.42. The second-order valence-corrected chi connectivity index (χ2v) is 11.7. The number of carboxylic acids is 1. The zero-order valence-corrected chi connectivity index (χ0v) is 21.3. The van der Waals surface area contributed by atoms with Crippen molar-refractivity contribution >= 4 is 86.4 Å². The molecule has 4 rings (SSSR count). The average molecular weight is 564 g/mol. The highest BCUT2D eigenvalue weighted by molar-refractivity contribution is 8.01. The minimum absolute atomic E-state index is 0.0411. The topological polar surface area (TPSA) is 173 Å². The Hall–Kier alpha value is -2.14. The summed E-state index contributed by atoms with van der Waals surface area (Å²) in [6.07, 6.45) is 0. The summed E-state index contributed by atoms with van der Waals surface area (Å²) in [6.45, 7) is 0.123. The van der Waals surface area contributed by atoms with E-state index in [0.717, 1.165) is 11.3 Å². The van der Waals surface area contributed by atoms with Gasteiger partial charge in [-0.2, -0.15) is 0 Å². The van der Waals surface area contributed by atoms with E-state index in [0.29, 0.717) is 4.34 Å². The Morgan fingerprint density at radius 3 is 2.94 bits per heavy atom. The van der Waals surface area contributed by atoms with Gasteiger partial charge in [-0.1, -0.05) is 28.3 Å². The van der Waals surface area contributed by atoms with E-state index in [1.807, 2.05) is 0 Å². The van der Waals surface area contributed by atoms with Crippen LogP contribution in [0.15, 0.2) is 20.4 Å². The number of aromatic nitrogens is 3. The number of amides is 2. The summed E-state index contributed by atoms with van der Waals surface area (Å²) >= 11 is 10.7. The first-order valence-electron chi connectivity index (χ1n) is 9.67. The van der Waals surface area contributed by atoms with Crippen LogP contribution in [0.3, 0.4) is 0 Å². The number of hydrogen-bond acceptors (Lipinski definition) is 13. The second kappa shape index (κ2) is 10.6. The molecule has 2 aliphatic rings. The maximum absolute atomic E-state index is 12.9. The van der Waals surface area contributed by atoms with E-state index in [1.54, 1.807) is 10.9 Å². The third-order valence-electron chi connectivity index (χ3n) is 5.00. The van der Waals surface area contributed by atoms with Gasteiger partial charge in [-0.05, 0) is 0 Å². The van der Waals surface area contributed by atoms with Crippen molar-refractivity contribution in [2.75, 3.05) is 36.3 Å². The summed E-state index contributed by atoms with van der Waals surface area (Å²) in [6, 6.07) is -0.825. The number of nitrogens with two attached hydrogens (primary N) is 1. The van der Waals surface area contributed by atoms with E-state index in [4.69, 9.17) is 22.2 Å². The van der Waals surface area contributed by atoms with Crippen LogP contribution in [0.2, 0.25) is 0 Å². The maximum Gasteiger partial charge on any atom is 0.313 e. The number of halogens is 1. The molecule has 17 heteroatoms. The third kappa shape index (κ3) is 5.10. The molecule has 182 valence electrons. The van der Waals surface area contributed by atoms with Crippen LogP contribution >= 0.6 is 57.8 Å². The molecule has 2 aliphatic heterocycles. The minimum Gasteiger partial charge on any atom is -0.481 e. The number of nitrogens with zero attached hydrogens (tertiary/aromatic N) is 5. The summed E-state index contributed by atoms with van der Waals surface area (Å²) in [5.41, 5.74) is 6.19. The molecule has 0 bridgehead atoms. The number of carbonyl (C=O) groups excluding carboxylic acids is 2. The first-order valence-corrected chi connectivity index (χ1v) is 14.0. The van der Waals surface area contributed by atoms with Gasteiger partial charge in [0.1, 0.15) is 34.6 Å². The van der Waals surface area contributed by atoms with E-state index < -0.39 is 23.3 Å². The summed E-state index contributed by atoms with van der Waals surface area (Å²) in [4.78, 5) is 48.5. The van der Waals surface area contributed by atoms with Crippen LogP contribution in [-0.4, -0.2) is 90.6 Å². The molecular formula is C17H18ClN7O5S4. The molecule has 2 unspecified atom stereocenters. The molecule has 0 aliphatic carbocycles. The summed E-state index contributed by atoms with van der Waals surface area (Å²) in [7, 11) is 0. The van der Waals surface area contributed by atoms with Crippen molar-refractivity contribution in [3.63, 3.8) is 0 Å². The monoisotopic (exact) mass is 563 g/mol. The minimum atomic E-state index is -1.14. The summed E-state index contributed by atoms with van der Waals surface area (Å²) in [5.74, 6) is -1.30. The van der Waals surface area contributed by atoms with Gasteiger partial charge < -0.3 is 25.9 Å². The molecule has 2 fully saturated rings. The van der Waals surface area contributed by atoms with Crippen molar-refractivity contribution in [2.45, 2.75) is 15.8 Å². The van der Waals surface area contributed by atoms with Gasteiger partial charge in [0.25, 0.3) is 5.91 Å². The quantitative estimate of drug-likeness (QED) is 0.0931. The molecule has 2 amide bonds. The van der Waals surface area contributed by atoms with Crippen molar-refractivity contribution in [3.8, 4) is 0 Å². The molecular weight excluding hydrogens is 546 g/mol. The lowest BCUT2D eigenvalue weighted by Gasteiger charge is -2.53. The predicted molar refractivity (Wildman–Crippen MR) is 130 cm³/mol. The molecule has 0 saturated carbocycles. The first-order chi connectivity index (χ1) is 16.3. The Morgan fingerprint density at radius 1 is 1.47 bits per heavy atom. The lowest BCUT2D eigenvalue weighted by molar-refractivity contribution is -0.157. The third-order valence-corrected chi connectivity index (χ3v) is 9.57. The molecule has 34 heavy (non-hydrogen) atoms. The van der Waals surface area contributed by atoms with E-state index in [2.05, 4.69) is 25.7 Å². The summed E-state index contributed by atoms with van der Waals surface area (Å²) < 4.78 is 0.665. The summed E-state index contributed by atoms with van der Waals surface area (Å²) in [5, 5.41) is 25.5. The van der Waals surface area contributed by atoms with E-state index >= 15 is 0 Å². The molecule has 0 spiro atoms. The fourth-order valence-electron chi connectivity index (χ4n) is 3.29. The standard InChI is InChI=1S/C17H18ClN7O5S4/c18-1-2-30-24-9(8-3-31-15(19)21-8)11(26)22-10-12(27)25-4-17(14(28)29,5-32-13(10)25)6-33-16-23-20-7-34-16/h3,7,10,13H,1-2,4-6H2,(H2,19,21)(H,22,26)(H,28,29)/t10?,13-,17?/m1/s1. The normalized spacial score (nSPS) is 24.3. The highest BCUT2D eigenvalue weighted by Crippen LogP contribution is 2.44. The first kappa shape index (κ1) is 25.0. The highest BCUT2D eigenvalue weighted by Gasteiger charge is 2.57. The van der Waals surface area contributed by atoms with E-state index in [1.165, 1.54) is 39.8 Å². The van der Waals surface area contributed by atoms with Crippen LogP contribution in [0.4, 0.5) is 5.13 Å². The number of carbonyl (C=O) groups is 3. The molecule has 0 aromatic carbocycles. The molecule has 0 radical (unpaired) electrons. The van der Waals surface area contributed by atoms with Crippen molar-refractivity contribution < 1.29 is 24.3 Å². The van der Waals surface area contributed by atoms with Crippen LogP contribution < -0.4 is 11.1 Å². The van der Waals surface area contributed by atoms with Gasteiger partial charge in [0.05, 0.1) is 5.88 Å². The molecule has 2 saturated heterocycles. The molecule has 3 atom stereocenters. The zero-order chi connectivity index (χ0) is 24.3. The number of aliphatic carboxylic acids is 1. The van der Waals surface area contributed by atoms with Crippen LogP contribution in [0.1, 0.15) is 5.69 Å². The molecule has 4 N–H and O–H groups in total. The molecule has 4 heterocycles. The average Bonchev–Trinajstić information content (AvgIpc) is 3.50. The number of nitrogen functional groups attached to an aromatic ring is 1. The van der Waals surface area contributed by atoms with Gasteiger partial charge >= 0.3 is 5.97 Å². The number of anilines is 1. The number of carboxylic acid groups (broad SMARTS) is 1. The molecule has 12 nitrogen and oxygen atoms in total. The fourth-order valence-corrected chi connectivity index (χ4v) is 7.25. The van der Waals surface area contributed by atoms with Crippen molar-refractivity contribution in [1.29, 1.82) is 0 Å². The van der Waals surface area contributed by atoms with Crippen LogP contribution in [0, 0.1) is 5.41 Å². The number of nitrogens with one attached hydrogen (secondary N) is 1.